The topological polar surface area (TPSA) is 20.2 Å². The summed E-state index contributed by atoms with van der Waals surface area (Å²) in [6.45, 7) is 4.29. The molecule has 1 nitrogen and oxygen atoms in total. The Morgan fingerprint density at radius 3 is 1.93 bits per heavy atom. The lowest BCUT2D eigenvalue weighted by Crippen LogP contribution is -1.98. The van der Waals surface area contributed by atoms with Gasteiger partial charge in [0.05, 0.1) is 5.44 Å². The van der Waals surface area contributed by atoms with Gasteiger partial charge in [0, 0.05) is 0 Å². The fraction of sp³-hybridized carbons (Fsp3) is 1.00. The van der Waals surface area contributed by atoms with Gasteiger partial charge >= 0.3 is 0 Å². The van der Waals surface area contributed by atoms with Crippen molar-refractivity contribution in [3.63, 3.8) is 0 Å². The minimum Gasteiger partial charge on any atom is -0.382 e. The number of aliphatic hydroxyl groups excluding tert-OH is 1. The van der Waals surface area contributed by atoms with Crippen LogP contribution in [-0.4, -0.2) is 16.3 Å². The van der Waals surface area contributed by atoms with E-state index in [9.17, 15) is 5.11 Å². The summed E-state index contributed by atoms with van der Waals surface area (Å²) in [6, 6.07) is 0. The Hall–Kier alpha value is 0.310. The summed E-state index contributed by atoms with van der Waals surface area (Å²) in [6.07, 6.45) is 11.8. The SMILES string of the molecule is CCCCCCCCCCSC(O)CC. The van der Waals surface area contributed by atoms with Crippen molar-refractivity contribution in [1.82, 2.24) is 0 Å². The van der Waals surface area contributed by atoms with Crippen molar-refractivity contribution in [2.45, 2.75) is 77.1 Å². The smallest absolute Gasteiger partial charge is 0.0990 e. The molecule has 0 aliphatic carbocycles. The lowest BCUT2D eigenvalue weighted by atomic mass is 10.1. The van der Waals surface area contributed by atoms with Crippen LogP contribution in [0.2, 0.25) is 0 Å². The molecule has 0 aromatic heterocycles. The second-order valence-electron chi connectivity index (χ2n) is 4.21. The molecule has 0 aromatic rings. The molecule has 0 aliphatic heterocycles. The second kappa shape index (κ2) is 12.4. The van der Waals surface area contributed by atoms with E-state index in [1.54, 1.807) is 11.8 Å². The molecule has 0 heterocycles. The molecule has 92 valence electrons. The van der Waals surface area contributed by atoms with Crippen LogP contribution in [0.3, 0.4) is 0 Å². The lowest BCUT2D eigenvalue weighted by Gasteiger charge is -2.06. The lowest BCUT2D eigenvalue weighted by molar-refractivity contribution is 0.259. The minimum atomic E-state index is -0.130. The number of hydrogen-bond acceptors (Lipinski definition) is 2. The number of hydrogen-bond donors (Lipinski definition) is 1. The van der Waals surface area contributed by atoms with Crippen LogP contribution in [-0.2, 0) is 0 Å². The minimum absolute atomic E-state index is 0.130. The van der Waals surface area contributed by atoms with Gasteiger partial charge in [-0.1, -0.05) is 58.8 Å². The quantitative estimate of drug-likeness (QED) is 0.415. The third kappa shape index (κ3) is 12.2. The molecule has 0 aromatic carbocycles. The Morgan fingerprint density at radius 2 is 1.40 bits per heavy atom. The van der Waals surface area contributed by atoms with Gasteiger partial charge in [-0.25, -0.2) is 0 Å². The van der Waals surface area contributed by atoms with Gasteiger partial charge in [-0.05, 0) is 18.6 Å². The van der Waals surface area contributed by atoms with Gasteiger partial charge in [0.1, 0.15) is 0 Å². The van der Waals surface area contributed by atoms with Crippen molar-refractivity contribution in [1.29, 1.82) is 0 Å². The van der Waals surface area contributed by atoms with Gasteiger partial charge in [-0.3, -0.25) is 0 Å². The molecule has 1 atom stereocenters. The second-order valence-corrected chi connectivity index (χ2v) is 5.49. The normalized spacial score (nSPS) is 13.0. The molecule has 1 N–H and O–H groups in total. The van der Waals surface area contributed by atoms with E-state index in [-0.39, 0.29) is 5.44 Å². The summed E-state index contributed by atoms with van der Waals surface area (Å²) in [5.74, 6) is 1.13. The van der Waals surface area contributed by atoms with E-state index in [2.05, 4.69) is 6.92 Å². The van der Waals surface area contributed by atoms with Gasteiger partial charge in [-0.2, -0.15) is 0 Å². The molecule has 0 radical (unpaired) electrons. The van der Waals surface area contributed by atoms with E-state index in [1.807, 2.05) is 6.92 Å². The monoisotopic (exact) mass is 232 g/mol. The van der Waals surface area contributed by atoms with E-state index in [0.717, 1.165) is 12.2 Å². The fourth-order valence-electron chi connectivity index (χ4n) is 1.57. The summed E-state index contributed by atoms with van der Waals surface area (Å²) >= 11 is 1.70. The summed E-state index contributed by atoms with van der Waals surface area (Å²) in [5.41, 5.74) is -0.130. The Morgan fingerprint density at radius 1 is 0.867 bits per heavy atom. The molecule has 0 bridgehead atoms. The number of aliphatic hydroxyl groups is 1. The van der Waals surface area contributed by atoms with Crippen LogP contribution in [0, 0.1) is 0 Å². The van der Waals surface area contributed by atoms with Crippen molar-refractivity contribution >= 4 is 11.8 Å². The van der Waals surface area contributed by atoms with Gasteiger partial charge in [0.15, 0.2) is 0 Å². The molecular weight excluding hydrogens is 204 g/mol. The first-order valence-corrected chi connectivity index (χ1v) is 7.65. The molecule has 0 saturated heterocycles. The zero-order chi connectivity index (χ0) is 11.4. The van der Waals surface area contributed by atoms with E-state index < -0.39 is 0 Å². The molecule has 0 amide bonds. The molecule has 0 rings (SSSR count). The van der Waals surface area contributed by atoms with Gasteiger partial charge in [0.2, 0.25) is 0 Å². The van der Waals surface area contributed by atoms with E-state index in [1.165, 1.54) is 51.4 Å². The maximum Gasteiger partial charge on any atom is 0.0990 e. The number of unbranched alkanes of at least 4 members (excludes halogenated alkanes) is 7. The third-order valence-corrected chi connectivity index (χ3v) is 3.90. The van der Waals surface area contributed by atoms with Crippen LogP contribution in [0.4, 0.5) is 0 Å². The zero-order valence-electron chi connectivity index (χ0n) is 10.5. The average molecular weight is 232 g/mol. The Bertz CT molecular complexity index is 117. The maximum absolute atomic E-state index is 9.32. The summed E-state index contributed by atoms with van der Waals surface area (Å²) in [7, 11) is 0. The Labute approximate surface area is 100 Å². The van der Waals surface area contributed by atoms with Gasteiger partial charge in [-0.15, -0.1) is 11.8 Å². The van der Waals surface area contributed by atoms with E-state index >= 15 is 0 Å². The third-order valence-electron chi connectivity index (χ3n) is 2.66. The fourth-order valence-corrected chi connectivity index (χ4v) is 2.45. The number of rotatable bonds is 11. The first-order valence-electron chi connectivity index (χ1n) is 6.61. The van der Waals surface area contributed by atoms with Crippen LogP contribution >= 0.6 is 11.8 Å². The van der Waals surface area contributed by atoms with Crippen molar-refractivity contribution in [2.24, 2.45) is 0 Å². The first kappa shape index (κ1) is 15.3. The molecule has 2 heteroatoms. The predicted molar refractivity (Wildman–Crippen MR) is 71.4 cm³/mol. The van der Waals surface area contributed by atoms with Crippen molar-refractivity contribution < 1.29 is 5.11 Å². The van der Waals surface area contributed by atoms with Crippen molar-refractivity contribution in [2.75, 3.05) is 5.75 Å². The van der Waals surface area contributed by atoms with E-state index in [0.29, 0.717) is 0 Å². The average Bonchev–Trinajstić information content (AvgIpc) is 2.26. The van der Waals surface area contributed by atoms with Crippen LogP contribution in [0.5, 0.6) is 0 Å². The molecule has 0 aliphatic rings. The predicted octanol–water partition coefficient (Wildman–Crippen LogP) is 4.59. The highest BCUT2D eigenvalue weighted by molar-refractivity contribution is 7.99. The summed E-state index contributed by atoms with van der Waals surface area (Å²) in [4.78, 5) is 0. The maximum atomic E-state index is 9.32. The first-order chi connectivity index (χ1) is 7.31. The standard InChI is InChI=1S/C13H28OS/c1-3-5-6-7-8-9-10-11-12-15-13(14)4-2/h13-14H,3-12H2,1-2H3. The van der Waals surface area contributed by atoms with Crippen LogP contribution < -0.4 is 0 Å². The molecule has 0 fully saturated rings. The zero-order valence-corrected chi connectivity index (χ0v) is 11.3. The molecule has 15 heavy (non-hydrogen) atoms. The van der Waals surface area contributed by atoms with Crippen LogP contribution in [0.15, 0.2) is 0 Å². The molecule has 0 saturated carbocycles. The summed E-state index contributed by atoms with van der Waals surface area (Å²) < 4.78 is 0. The Balaban J connectivity index is 2.92. The van der Waals surface area contributed by atoms with E-state index in [4.69, 9.17) is 0 Å². The Kier molecular flexibility index (Phi) is 12.6. The number of thioether (sulfide) groups is 1. The van der Waals surface area contributed by atoms with Crippen molar-refractivity contribution in [3.05, 3.63) is 0 Å². The van der Waals surface area contributed by atoms with Crippen LogP contribution in [0.25, 0.3) is 0 Å². The van der Waals surface area contributed by atoms with Crippen molar-refractivity contribution in [3.8, 4) is 0 Å². The highest BCUT2D eigenvalue weighted by Crippen LogP contribution is 2.15. The summed E-state index contributed by atoms with van der Waals surface area (Å²) in [5, 5.41) is 9.32. The van der Waals surface area contributed by atoms with Gasteiger partial charge < -0.3 is 5.11 Å². The molecular formula is C13H28OS. The van der Waals surface area contributed by atoms with Crippen LogP contribution in [0.1, 0.15) is 71.6 Å². The van der Waals surface area contributed by atoms with Gasteiger partial charge in [0.25, 0.3) is 0 Å². The highest BCUT2D eigenvalue weighted by Gasteiger charge is 1.99. The molecule has 0 spiro atoms. The largest absolute Gasteiger partial charge is 0.382 e. The highest BCUT2D eigenvalue weighted by atomic mass is 32.2. The molecule has 1 unspecified atom stereocenters.